The van der Waals surface area contributed by atoms with Gasteiger partial charge in [-0.3, -0.25) is 4.98 Å². The maximum atomic E-state index is 13.6. The Hall–Kier alpha value is -2.25. The third-order valence-electron chi connectivity index (χ3n) is 5.05. The van der Waals surface area contributed by atoms with Gasteiger partial charge in [0.2, 0.25) is 5.95 Å². The van der Waals surface area contributed by atoms with E-state index in [9.17, 15) is 5.21 Å². The first-order chi connectivity index (χ1) is 12.2. The predicted octanol–water partition coefficient (Wildman–Crippen LogP) is 2.30. The summed E-state index contributed by atoms with van der Waals surface area (Å²) in [6.07, 6.45) is 7.50. The summed E-state index contributed by atoms with van der Waals surface area (Å²) in [5.41, 5.74) is 1.98. The zero-order chi connectivity index (χ0) is 17.3. The van der Waals surface area contributed by atoms with Crippen molar-refractivity contribution in [1.82, 2.24) is 15.0 Å². The number of pyridine rings is 1. The van der Waals surface area contributed by atoms with Crippen LogP contribution in [-0.2, 0) is 13.1 Å². The van der Waals surface area contributed by atoms with Crippen LogP contribution in [0.5, 0.6) is 0 Å². The van der Waals surface area contributed by atoms with Crippen molar-refractivity contribution in [3.05, 3.63) is 47.1 Å². The van der Waals surface area contributed by atoms with Gasteiger partial charge in [-0.05, 0) is 31.9 Å². The van der Waals surface area contributed by atoms with Crippen LogP contribution in [0.25, 0.3) is 0 Å². The van der Waals surface area contributed by atoms with Gasteiger partial charge in [0.25, 0.3) is 0 Å². The normalized spacial score (nSPS) is 25.2. The van der Waals surface area contributed by atoms with Crippen molar-refractivity contribution < 1.29 is 4.65 Å². The highest BCUT2D eigenvalue weighted by Gasteiger charge is 2.38. The molecule has 0 saturated carbocycles. The summed E-state index contributed by atoms with van der Waals surface area (Å²) in [5, 5.41) is 16.8. The molecule has 2 aromatic rings. The summed E-state index contributed by atoms with van der Waals surface area (Å²) in [7, 11) is 0. The lowest BCUT2D eigenvalue weighted by Gasteiger charge is -2.43. The number of rotatable bonds is 4. The van der Waals surface area contributed by atoms with Crippen LogP contribution in [0.1, 0.15) is 30.9 Å². The Morgan fingerprint density at radius 1 is 1.36 bits per heavy atom. The molecule has 0 bridgehead atoms. The molecule has 1 saturated heterocycles. The molecule has 2 aliphatic rings. The van der Waals surface area contributed by atoms with Crippen LogP contribution in [0.15, 0.2) is 30.7 Å². The van der Waals surface area contributed by atoms with Crippen LogP contribution in [0.4, 0.5) is 11.8 Å². The molecule has 2 aromatic heterocycles. The van der Waals surface area contributed by atoms with Crippen molar-refractivity contribution in [3.8, 4) is 0 Å². The van der Waals surface area contributed by atoms with E-state index in [0.29, 0.717) is 25.6 Å². The molecule has 0 aromatic carbocycles. The third kappa shape index (κ3) is 3.29. The number of nitrogens with zero attached hydrogens (tertiary/aromatic N) is 5. The van der Waals surface area contributed by atoms with Crippen LogP contribution in [-0.4, -0.2) is 45.3 Å². The Morgan fingerprint density at radius 2 is 2.20 bits per heavy atom. The first-order valence-corrected chi connectivity index (χ1v) is 8.99. The van der Waals surface area contributed by atoms with Crippen LogP contribution in [0, 0.1) is 5.21 Å². The number of hydrogen-bond donors (Lipinski definition) is 1. The van der Waals surface area contributed by atoms with Crippen molar-refractivity contribution in [2.24, 2.45) is 0 Å². The van der Waals surface area contributed by atoms with E-state index >= 15 is 0 Å². The summed E-state index contributed by atoms with van der Waals surface area (Å²) >= 11 is 0. The lowest BCUT2D eigenvalue weighted by molar-refractivity contribution is -0.907. The average Bonchev–Trinajstić information content (AvgIpc) is 3.00. The second-order valence-corrected chi connectivity index (χ2v) is 6.97. The second kappa shape index (κ2) is 6.57. The van der Waals surface area contributed by atoms with Gasteiger partial charge in [0.15, 0.2) is 0 Å². The molecule has 1 fully saturated rings. The molecule has 1 N–H and O–H groups in total. The molecule has 132 valence electrons. The first kappa shape index (κ1) is 16.2. The van der Waals surface area contributed by atoms with Gasteiger partial charge in [0, 0.05) is 37.2 Å². The number of hydrogen-bond acceptors (Lipinski definition) is 6. The van der Waals surface area contributed by atoms with Crippen LogP contribution in [0.2, 0.25) is 0 Å². The molecule has 0 aliphatic carbocycles. The van der Waals surface area contributed by atoms with E-state index in [2.05, 4.69) is 20.2 Å². The molecule has 25 heavy (non-hydrogen) atoms. The van der Waals surface area contributed by atoms with E-state index in [4.69, 9.17) is 4.98 Å². The third-order valence-corrected chi connectivity index (χ3v) is 5.05. The molecular formula is C18H24N6O. The zero-order valence-corrected chi connectivity index (χ0v) is 14.6. The van der Waals surface area contributed by atoms with Crippen LogP contribution < -0.4 is 10.2 Å². The average molecular weight is 340 g/mol. The van der Waals surface area contributed by atoms with E-state index in [-0.39, 0.29) is 10.7 Å². The topological polar surface area (TPSA) is 77.0 Å². The Labute approximate surface area is 147 Å². The first-order valence-electron chi connectivity index (χ1n) is 8.99. The fraction of sp³-hybridized carbons (Fsp3) is 0.500. The number of hydroxylamine groups is 3. The van der Waals surface area contributed by atoms with E-state index in [1.807, 2.05) is 25.3 Å². The lowest BCUT2D eigenvalue weighted by atomic mass is 10.1. The van der Waals surface area contributed by atoms with E-state index in [0.717, 1.165) is 42.9 Å². The van der Waals surface area contributed by atoms with Gasteiger partial charge in [-0.15, -0.1) is 0 Å². The molecular weight excluding hydrogens is 316 g/mol. The summed E-state index contributed by atoms with van der Waals surface area (Å²) < 4.78 is -0.262. The predicted molar refractivity (Wildman–Crippen MR) is 96.7 cm³/mol. The summed E-state index contributed by atoms with van der Waals surface area (Å²) in [6, 6.07) is 4.12. The molecule has 0 radical (unpaired) electrons. The van der Waals surface area contributed by atoms with Crippen molar-refractivity contribution in [1.29, 1.82) is 0 Å². The van der Waals surface area contributed by atoms with Gasteiger partial charge in [0.05, 0.1) is 18.2 Å². The summed E-state index contributed by atoms with van der Waals surface area (Å²) in [6.45, 7) is 5.25. The van der Waals surface area contributed by atoms with Crippen molar-refractivity contribution in [2.75, 3.05) is 29.9 Å². The number of quaternary nitrogens is 1. The second-order valence-electron chi connectivity index (χ2n) is 6.97. The fourth-order valence-corrected chi connectivity index (χ4v) is 4.01. The molecule has 2 aliphatic heterocycles. The molecule has 7 nitrogen and oxygen atoms in total. The van der Waals surface area contributed by atoms with Crippen LogP contribution in [0.3, 0.4) is 0 Å². The highest BCUT2D eigenvalue weighted by atomic mass is 16.5. The highest BCUT2D eigenvalue weighted by Crippen LogP contribution is 2.35. The Morgan fingerprint density at radius 3 is 3.00 bits per heavy atom. The molecule has 0 spiro atoms. The Balaban J connectivity index is 1.69. The van der Waals surface area contributed by atoms with E-state index < -0.39 is 0 Å². The molecule has 2 atom stereocenters. The lowest BCUT2D eigenvalue weighted by Crippen LogP contribution is -2.47. The minimum Gasteiger partial charge on any atom is -0.632 e. The highest BCUT2D eigenvalue weighted by molar-refractivity contribution is 5.51. The SMILES string of the molecule is CCNc1ncc2c(n1)N1CCC[C@H]1C[N+]([O-])(Cc1ccncc1)C2. The quantitative estimate of drug-likeness (QED) is 0.680. The molecule has 4 heterocycles. The van der Waals surface area contributed by atoms with Gasteiger partial charge in [-0.25, -0.2) is 4.98 Å². The smallest absolute Gasteiger partial charge is 0.224 e. The maximum Gasteiger partial charge on any atom is 0.224 e. The number of anilines is 2. The van der Waals surface area contributed by atoms with Crippen molar-refractivity contribution in [3.63, 3.8) is 0 Å². The number of aromatic nitrogens is 3. The van der Waals surface area contributed by atoms with Crippen molar-refractivity contribution in [2.45, 2.75) is 38.9 Å². The maximum absolute atomic E-state index is 13.6. The zero-order valence-electron chi connectivity index (χ0n) is 14.6. The van der Waals surface area contributed by atoms with Gasteiger partial charge in [-0.2, -0.15) is 4.98 Å². The number of nitrogens with one attached hydrogen (secondary N) is 1. The van der Waals surface area contributed by atoms with E-state index in [1.165, 1.54) is 0 Å². The molecule has 4 rings (SSSR count). The fourth-order valence-electron chi connectivity index (χ4n) is 4.01. The van der Waals surface area contributed by atoms with Gasteiger partial charge < -0.3 is 20.1 Å². The number of fused-ring (bicyclic) bond motifs is 3. The molecule has 1 unspecified atom stereocenters. The monoisotopic (exact) mass is 340 g/mol. The van der Waals surface area contributed by atoms with Gasteiger partial charge >= 0.3 is 0 Å². The van der Waals surface area contributed by atoms with Gasteiger partial charge in [-0.1, -0.05) is 0 Å². The Bertz CT molecular complexity index is 740. The minimum absolute atomic E-state index is 0.255. The summed E-state index contributed by atoms with van der Waals surface area (Å²) in [4.78, 5) is 15.5. The van der Waals surface area contributed by atoms with Crippen LogP contribution >= 0.6 is 0 Å². The molecule has 7 heteroatoms. The minimum atomic E-state index is -0.262. The standard InChI is InChI=1S/C18H24N6O/c1-2-20-18-21-10-15-12-24(25,11-14-5-7-19-8-6-14)13-16-4-3-9-23(16)17(15)22-18/h5-8,10,16H,2-4,9,11-13H2,1H3,(H,20,21,22)/t16-,24?/m0/s1. The molecule has 0 amide bonds. The van der Waals surface area contributed by atoms with E-state index in [1.54, 1.807) is 12.4 Å². The largest absolute Gasteiger partial charge is 0.632 e. The summed E-state index contributed by atoms with van der Waals surface area (Å²) in [5.74, 6) is 1.59. The van der Waals surface area contributed by atoms with Crippen molar-refractivity contribution >= 4 is 11.8 Å². The Kier molecular flexibility index (Phi) is 4.27. The van der Waals surface area contributed by atoms with Gasteiger partial charge in [0.1, 0.15) is 18.9 Å².